The molecule has 4 nitrogen and oxygen atoms in total. The highest BCUT2D eigenvalue weighted by Gasteiger charge is 2.15. The molecule has 3 aromatic rings. The van der Waals surface area contributed by atoms with Gasteiger partial charge in [-0.05, 0) is 50.2 Å². The zero-order chi connectivity index (χ0) is 15.0. The Hall–Kier alpha value is -2.49. The molecule has 0 saturated carbocycles. The number of hydrogen-bond acceptors (Lipinski definition) is 3. The summed E-state index contributed by atoms with van der Waals surface area (Å²) >= 11 is 0. The van der Waals surface area contributed by atoms with Gasteiger partial charge in [-0.1, -0.05) is 0 Å². The summed E-state index contributed by atoms with van der Waals surface area (Å²) in [4.78, 5) is 4.78. The van der Waals surface area contributed by atoms with Gasteiger partial charge in [0, 0.05) is 23.4 Å². The average Bonchev–Trinajstić information content (AvgIpc) is 2.86. The Labute approximate surface area is 124 Å². The summed E-state index contributed by atoms with van der Waals surface area (Å²) in [5.74, 6) is 1.77. The second-order valence-corrected chi connectivity index (χ2v) is 5.38. The summed E-state index contributed by atoms with van der Waals surface area (Å²) < 4.78 is 7.52. The van der Waals surface area contributed by atoms with Crippen LogP contribution in [-0.4, -0.2) is 16.7 Å². The van der Waals surface area contributed by atoms with Crippen LogP contribution in [0.25, 0.3) is 22.4 Å². The predicted molar refractivity (Wildman–Crippen MR) is 86.5 cm³/mol. The number of rotatable bonds is 3. The van der Waals surface area contributed by atoms with Crippen LogP contribution in [0.2, 0.25) is 0 Å². The third kappa shape index (κ3) is 2.33. The van der Waals surface area contributed by atoms with Gasteiger partial charge in [0.15, 0.2) is 0 Å². The standard InChI is InChI=1S/C17H19N3O/c1-11(2)20-16-9-8-14(21-3)10-15(16)19-17(20)12-4-6-13(18)7-5-12/h4-11H,18H2,1-3H3. The second-order valence-electron chi connectivity index (χ2n) is 5.38. The van der Waals surface area contributed by atoms with Crippen molar-refractivity contribution in [1.29, 1.82) is 0 Å². The first-order valence-electron chi connectivity index (χ1n) is 7.02. The van der Waals surface area contributed by atoms with Gasteiger partial charge in [-0.25, -0.2) is 4.98 Å². The quantitative estimate of drug-likeness (QED) is 0.741. The first-order chi connectivity index (χ1) is 10.1. The third-order valence-corrected chi connectivity index (χ3v) is 3.58. The summed E-state index contributed by atoms with van der Waals surface area (Å²) in [6.45, 7) is 4.32. The zero-order valence-corrected chi connectivity index (χ0v) is 12.5. The lowest BCUT2D eigenvalue weighted by Crippen LogP contribution is -2.03. The number of aromatic nitrogens is 2. The third-order valence-electron chi connectivity index (χ3n) is 3.58. The number of anilines is 1. The van der Waals surface area contributed by atoms with Crippen LogP contribution in [0.3, 0.4) is 0 Å². The lowest BCUT2D eigenvalue weighted by molar-refractivity contribution is 0.415. The van der Waals surface area contributed by atoms with Crippen molar-refractivity contribution < 1.29 is 4.74 Å². The molecule has 3 rings (SSSR count). The summed E-state index contributed by atoms with van der Waals surface area (Å²) in [5, 5.41) is 0. The van der Waals surface area contributed by atoms with Crippen molar-refractivity contribution in [1.82, 2.24) is 9.55 Å². The Morgan fingerprint density at radius 2 is 1.81 bits per heavy atom. The largest absolute Gasteiger partial charge is 0.497 e. The summed E-state index contributed by atoms with van der Waals surface area (Å²) in [7, 11) is 1.67. The molecule has 0 unspecified atom stereocenters. The van der Waals surface area contributed by atoms with Gasteiger partial charge in [-0.3, -0.25) is 0 Å². The van der Waals surface area contributed by atoms with Crippen LogP contribution < -0.4 is 10.5 Å². The molecule has 2 N–H and O–H groups in total. The van der Waals surface area contributed by atoms with E-state index < -0.39 is 0 Å². The molecule has 21 heavy (non-hydrogen) atoms. The van der Waals surface area contributed by atoms with Crippen molar-refractivity contribution in [2.45, 2.75) is 19.9 Å². The fourth-order valence-electron chi connectivity index (χ4n) is 2.56. The molecular weight excluding hydrogens is 262 g/mol. The fraction of sp³-hybridized carbons (Fsp3) is 0.235. The Kier molecular flexibility index (Phi) is 3.29. The number of nitrogens with two attached hydrogens (primary N) is 1. The second kappa shape index (κ2) is 5.13. The zero-order valence-electron chi connectivity index (χ0n) is 12.5. The van der Waals surface area contributed by atoms with Crippen molar-refractivity contribution in [3.63, 3.8) is 0 Å². The van der Waals surface area contributed by atoms with E-state index in [1.165, 1.54) is 0 Å². The maximum atomic E-state index is 5.77. The van der Waals surface area contributed by atoms with E-state index in [2.05, 4.69) is 24.5 Å². The molecule has 0 saturated heterocycles. The normalized spacial score (nSPS) is 11.2. The number of nitrogens with zero attached hydrogens (tertiary/aromatic N) is 2. The molecule has 0 bridgehead atoms. The number of benzene rings is 2. The Morgan fingerprint density at radius 1 is 1.10 bits per heavy atom. The molecule has 0 aliphatic heterocycles. The van der Waals surface area contributed by atoms with Gasteiger partial charge < -0.3 is 15.0 Å². The molecule has 0 aliphatic rings. The van der Waals surface area contributed by atoms with Crippen LogP contribution in [0, 0.1) is 0 Å². The van der Waals surface area contributed by atoms with E-state index in [9.17, 15) is 0 Å². The minimum absolute atomic E-state index is 0.316. The molecule has 108 valence electrons. The molecule has 0 spiro atoms. The summed E-state index contributed by atoms with van der Waals surface area (Å²) in [6.07, 6.45) is 0. The van der Waals surface area contributed by atoms with E-state index in [1.807, 2.05) is 36.4 Å². The Balaban J connectivity index is 2.25. The number of nitrogen functional groups attached to an aromatic ring is 1. The van der Waals surface area contributed by atoms with Gasteiger partial charge in [0.25, 0.3) is 0 Å². The molecule has 0 amide bonds. The Bertz CT molecular complexity index is 773. The van der Waals surface area contributed by atoms with E-state index in [4.69, 9.17) is 15.5 Å². The van der Waals surface area contributed by atoms with E-state index in [1.54, 1.807) is 7.11 Å². The van der Waals surface area contributed by atoms with E-state index in [0.29, 0.717) is 6.04 Å². The van der Waals surface area contributed by atoms with Crippen molar-refractivity contribution in [3.8, 4) is 17.1 Å². The van der Waals surface area contributed by atoms with Gasteiger partial charge in [-0.2, -0.15) is 0 Å². The minimum atomic E-state index is 0.316. The van der Waals surface area contributed by atoms with E-state index in [0.717, 1.165) is 33.9 Å². The van der Waals surface area contributed by atoms with Crippen LogP contribution in [0.4, 0.5) is 5.69 Å². The van der Waals surface area contributed by atoms with Gasteiger partial charge in [0.05, 0.1) is 18.1 Å². The van der Waals surface area contributed by atoms with E-state index in [-0.39, 0.29) is 0 Å². The minimum Gasteiger partial charge on any atom is -0.497 e. The lowest BCUT2D eigenvalue weighted by Gasteiger charge is -2.13. The van der Waals surface area contributed by atoms with Gasteiger partial charge in [0.2, 0.25) is 0 Å². The average molecular weight is 281 g/mol. The van der Waals surface area contributed by atoms with Crippen LogP contribution in [0.15, 0.2) is 42.5 Å². The van der Waals surface area contributed by atoms with Crippen molar-refractivity contribution in [3.05, 3.63) is 42.5 Å². The van der Waals surface area contributed by atoms with Gasteiger partial charge in [-0.15, -0.1) is 0 Å². The van der Waals surface area contributed by atoms with Crippen LogP contribution in [0.1, 0.15) is 19.9 Å². The van der Waals surface area contributed by atoms with Crippen LogP contribution in [0.5, 0.6) is 5.75 Å². The molecule has 0 aliphatic carbocycles. The van der Waals surface area contributed by atoms with E-state index >= 15 is 0 Å². The summed E-state index contributed by atoms with van der Waals surface area (Å²) in [6, 6.07) is 14.1. The van der Waals surface area contributed by atoms with Gasteiger partial charge in [0.1, 0.15) is 11.6 Å². The van der Waals surface area contributed by atoms with Crippen molar-refractivity contribution >= 4 is 16.7 Å². The number of hydrogen-bond donors (Lipinski definition) is 1. The highest BCUT2D eigenvalue weighted by molar-refractivity contribution is 5.82. The number of fused-ring (bicyclic) bond motifs is 1. The first-order valence-corrected chi connectivity index (χ1v) is 7.02. The highest BCUT2D eigenvalue weighted by Crippen LogP contribution is 2.30. The number of ether oxygens (including phenoxy) is 1. The van der Waals surface area contributed by atoms with Crippen molar-refractivity contribution in [2.24, 2.45) is 0 Å². The summed E-state index contributed by atoms with van der Waals surface area (Å²) in [5.41, 5.74) is 9.64. The molecule has 1 aromatic heterocycles. The monoisotopic (exact) mass is 281 g/mol. The fourth-order valence-corrected chi connectivity index (χ4v) is 2.56. The smallest absolute Gasteiger partial charge is 0.141 e. The highest BCUT2D eigenvalue weighted by atomic mass is 16.5. The van der Waals surface area contributed by atoms with Crippen molar-refractivity contribution in [2.75, 3.05) is 12.8 Å². The molecule has 4 heteroatoms. The maximum absolute atomic E-state index is 5.77. The molecule has 2 aromatic carbocycles. The molecule has 1 heterocycles. The van der Waals surface area contributed by atoms with Crippen LogP contribution in [-0.2, 0) is 0 Å². The topological polar surface area (TPSA) is 53.1 Å². The molecule has 0 atom stereocenters. The first kappa shape index (κ1) is 13.5. The lowest BCUT2D eigenvalue weighted by atomic mass is 10.2. The van der Waals surface area contributed by atoms with Gasteiger partial charge >= 0.3 is 0 Å². The number of methoxy groups -OCH3 is 1. The molecule has 0 fully saturated rings. The molecular formula is C17H19N3O. The number of imidazole rings is 1. The molecule has 0 radical (unpaired) electrons. The van der Waals surface area contributed by atoms with Crippen LogP contribution >= 0.6 is 0 Å². The SMILES string of the molecule is COc1ccc2c(c1)nc(-c1ccc(N)cc1)n2C(C)C. The Morgan fingerprint density at radius 3 is 2.43 bits per heavy atom. The maximum Gasteiger partial charge on any atom is 0.141 e. The predicted octanol–water partition coefficient (Wildman–Crippen LogP) is 3.88.